The molecule has 3 aromatic rings. The van der Waals surface area contributed by atoms with Crippen molar-refractivity contribution in [1.82, 2.24) is 0 Å². The highest BCUT2D eigenvalue weighted by molar-refractivity contribution is 6.28. The molecule has 0 amide bonds. The van der Waals surface area contributed by atoms with Crippen LogP contribution in [0.3, 0.4) is 0 Å². The third-order valence-corrected chi connectivity index (χ3v) is 5.05. The Labute approximate surface area is 186 Å². The molecule has 0 saturated heterocycles. The average molecular weight is 430 g/mol. The van der Waals surface area contributed by atoms with E-state index in [9.17, 15) is 9.59 Å². The Morgan fingerprint density at radius 1 is 0.625 bits per heavy atom. The van der Waals surface area contributed by atoms with Gasteiger partial charge in [0.15, 0.2) is 36.7 Å². The van der Waals surface area contributed by atoms with E-state index < -0.39 is 0 Å². The van der Waals surface area contributed by atoms with Gasteiger partial charge in [0.1, 0.15) is 0 Å². The molecule has 0 unspecified atom stereocenters. The normalized spacial score (nSPS) is 12.6. The van der Waals surface area contributed by atoms with Gasteiger partial charge in [-0.25, -0.2) is 0 Å². The number of ether oxygens (including phenoxy) is 4. The second-order valence-electron chi connectivity index (χ2n) is 7.15. The molecule has 0 N–H and O–H groups in total. The molecule has 32 heavy (non-hydrogen) atoms. The zero-order valence-corrected chi connectivity index (χ0v) is 17.8. The number of hydrogen-bond donors (Lipinski definition) is 0. The maximum absolute atomic E-state index is 12.9. The SMILES string of the molecule is COCOc1ccc(/C=C/c2ccc3c(c2)C(=O)c2ccccc2C3=O)cc1OCOC. The van der Waals surface area contributed by atoms with Gasteiger partial charge in [-0.15, -0.1) is 0 Å². The van der Waals surface area contributed by atoms with Gasteiger partial charge < -0.3 is 18.9 Å². The van der Waals surface area contributed by atoms with Crippen molar-refractivity contribution in [2.45, 2.75) is 0 Å². The van der Waals surface area contributed by atoms with Crippen molar-refractivity contribution in [2.24, 2.45) is 0 Å². The molecule has 0 fully saturated rings. The van der Waals surface area contributed by atoms with Gasteiger partial charge in [0.2, 0.25) is 0 Å². The minimum atomic E-state index is -0.139. The molecule has 6 nitrogen and oxygen atoms in total. The monoisotopic (exact) mass is 430 g/mol. The highest BCUT2D eigenvalue weighted by Gasteiger charge is 2.29. The molecule has 0 atom stereocenters. The van der Waals surface area contributed by atoms with Gasteiger partial charge in [-0.1, -0.05) is 48.6 Å². The lowest BCUT2D eigenvalue weighted by molar-refractivity contribution is 0.0322. The van der Waals surface area contributed by atoms with Crippen LogP contribution >= 0.6 is 0 Å². The van der Waals surface area contributed by atoms with Crippen LogP contribution in [0.5, 0.6) is 11.5 Å². The molecule has 3 aromatic carbocycles. The van der Waals surface area contributed by atoms with E-state index in [1.807, 2.05) is 30.4 Å². The highest BCUT2D eigenvalue weighted by Crippen LogP contribution is 2.30. The minimum Gasteiger partial charge on any atom is -0.464 e. The van der Waals surface area contributed by atoms with Gasteiger partial charge in [-0.3, -0.25) is 9.59 Å². The van der Waals surface area contributed by atoms with Crippen LogP contribution < -0.4 is 9.47 Å². The van der Waals surface area contributed by atoms with Gasteiger partial charge >= 0.3 is 0 Å². The third kappa shape index (κ3) is 4.32. The number of carbonyl (C=O) groups is 2. The minimum absolute atomic E-state index is 0.0823. The van der Waals surface area contributed by atoms with Crippen molar-refractivity contribution >= 4 is 23.7 Å². The Morgan fingerprint density at radius 2 is 1.16 bits per heavy atom. The number of fused-ring (bicyclic) bond motifs is 2. The molecule has 1 aliphatic carbocycles. The van der Waals surface area contributed by atoms with E-state index in [0.717, 1.165) is 11.1 Å². The second-order valence-corrected chi connectivity index (χ2v) is 7.15. The molecular weight excluding hydrogens is 408 g/mol. The van der Waals surface area contributed by atoms with Crippen LogP contribution in [0.4, 0.5) is 0 Å². The summed E-state index contributed by atoms with van der Waals surface area (Å²) in [5.74, 6) is 0.795. The molecule has 0 aromatic heterocycles. The summed E-state index contributed by atoms with van der Waals surface area (Å²) in [5, 5.41) is 0. The summed E-state index contributed by atoms with van der Waals surface area (Å²) in [4.78, 5) is 25.7. The number of carbonyl (C=O) groups excluding carboxylic acids is 2. The molecule has 0 bridgehead atoms. The fraction of sp³-hybridized carbons (Fsp3) is 0.154. The van der Waals surface area contributed by atoms with E-state index >= 15 is 0 Å². The molecule has 0 saturated carbocycles. The van der Waals surface area contributed by atoms with Crippen molar-refractivity contribution in [3.8, 4) is 11.5 Å². The average Bonchev–Trinajstić information content (AvgIpc) is 2.83. The van der Waals surface area contributed by atoms with E-state index in [1.165, 1.54) is 0 Å². The van der Waals surface area contributed by atoms with Crippen LogP contribution in [0.1, 0.15) is 43.0 Å². The second kappa shape index (κ2) is 9.60. The number of rotatable bonds is 8. The zero-order valence-electron chi connectivity index (χ0n) is 17.8. The number of methoxy groups -OCH3 is 2. The Bertz CT molecular complexity index is 1190. The van der Waals surface area contributed by atoms with E-state index in [0.29, 0.717) is 33.8 Å². The molecule has 0 spiro atoms. The van der Waals surface area contributed by atoms with Crippen LogP contribution in [0.25, 0.3) is 12.2 Å². The van der Waals surface area contributed by atoms with Gasteiger partial charge in [-0.2, -0.15) is 0 Å². The van der Waals surface area contributed by atoms with Crippen LogP contribution in [-0.2, 0) is 9.47 Å². The fourth-order valence-electron chi connectivity index (χ4n) is 3.52. The van der Waals surface area contributed by atoms with E-state index in [4.69, 9.17) is 18.9 Å². The molecule has 162 valence electrons. The summed E-state index contributed by atoms with van der Waals surface area (Å²) >= 11 is 0. The smallest absolute Gasteiger partial charge is 0.194 e. The number of benzene rings is 3. The Morgan fingerprint density at radius 3 is 1.81 bits per heavy atom. The lowest BCUT2D eigenvalue weighted by Gasteiger charge is -2.17. The maximum atomic E-state index is 12.9. The molecule has 0 aliphatic heterocycles. The largest absolute Gasteiger partial charge is 0.464 e. The number of hydrogen-bond acceptors (Lipinski definition) is 6. The third-order valence-electron chi connectivity index (χ3n) is 5.05. The van der Waals surface area contributed by atoms with Gasteiger partial charge in [0.05, 0.1) is 0 Å². The Kier molecular flexibility index (Phi) is 6.44. The van der Waals surface area contributed by atoms with Gasteiger partial charge in [0.25, 0.3) is 0 Å². The highest BCUT2D eigenvalue weighted by atomic mass is 16.7. The van der Waals surface area contributed by atoms with Crippen molar-refractivity contribution < 1.29 is 28.5 Å². The first kappa shape index (κ1) is 21.5. The zero-order chi connectivity index (χ0) is 22.5. The van der Waals surface area contributed by atoms with Crippen LogP contribution in [-0.4, -0.2) is 39.4 Å². The van der Waals surface area contributed by atoms with Crippen LogP contribution in [0.2, 0.25) is 0 Å². The van der Waals surface area contributed by atoms with Crippen molar-refractivity contribution in [3.05, 3.63) is 94.0 Å². The van der Waals surface area contributed by atoms with Crippen molar-refractivity contribution in [2.75, 3.05) is 27.8 Å². The summed E-state index contributed by atoms with van der Waals surface area (Å²) in [5.41, 5.74) is 3.42. The van der Waals surface area contributed by atoms with E-state index in [2.05, 4.69) is 0 Å². The summed E-state index contributed by atoms with van der Waals surface area (Å²) < 4.78 is 21.0. The molecular formula is C26H22O6. The molecule has 1 aliphatic rings. The summed E-state index contributed by atoms with van der Waals surface area (Å²) in [7, 11) is 3.09. The molecule has 4 rings (SSSR count). The van der Waals surface area contributed by atoms with Crippen LogP contribution in [0, 0.1) is 0 Å². The van der Waals surface area contributed by atoms with Crippen LogP contribution in [0.15, 0.2) is 60.7 Å². The lowest BCUT2D eigenvalue weighted by Crippen LogP contribution is -2.20. The lowest BCUT2D eigenvalue weighted by atomic mass is 9.83. The van der Waals surface area contributed by atoms with Crippen molar-refractivity contribution in [3.63, 3.8) is 0 Å². The fourth-order valence-corrected chi connectivity index (χ4v) is 3.52. The molecule has 0 radical (unpaired) electrons. The summed E-state index contributed by atoms with van der Waals surface area (Å²) in [6, 6.07) is 17.7. The maximum Gasteiger partial charge on any atom is 0.194 e. The Hall–Kier alpha value is -3.74. The summed E-state index contributed by atoms with van der Waals surface area (Å²) in [6.45, 7) is 0.183. The first-order valence-corrected chi connectivity index (χ1v) is 10.0. The topological polar surface area (TPSA) is 71.1 Å². The number of ketones is 2. The first-order chi connectivity index (χ1) is 15.6. The Balaban J connectivity index is 1.60. The van der Waals surface area contributed by atoms with Gasteiger partial charge in [-0.05, 0) is 35.4 Å². The predicted octanol–water partition coefficient (Wildman–Crippen LogP) is 4.60. The predicted molar refractivity (Wildman–Crippen MR) is 120 cm³/mol. The molecule has 6 heteroatoms. The van der Waals surface area contributed by atoms with Crippen molar-refractivity contribution in [1.29, 1.82) is 0 Å². The van der Waals surface area contributed by atoms with E-state index in [-0.39, 0.29) is 25.2 Å². The van der Waals surface area contributed by atoms with Gasteiger partial charge in [0, 0.05) is 36.5 Å². The standard InChI is InChI=1S/C26H22O6/c1-29-15-31-23-12-10-18(14-24(23)32-16-30-2)8-7-17-9-11-21-22(13-17)26(28)20-6-4-3-5-19(20)25(21)27/h3-14H,15-16H2,1-2H3/b8-7+. The molecule has 0 heterocycles. The first-order valence-electron chi connectivity index (χ1n) is 10.0. The van der Waals surface area contributed by atoms with E-state index in [1.54, 1.807) is 56.7 Å². The quantitative estimate of drug-likeness (QED) is 0.301. The summed E-state index contributed by atoms with van der Waals surface area (Å²) in [6.07, 6.45) is 3.77.